The second-order valence-corrected chi connectivity index (χ2v) is 4.84. The topological polar surface area (TPSA) is 55.6 Å². The second kappa shape index (κ2) is 4.89. The number of nitrogen functional groups attached to an aromatic ring is 1. The number of para-hydroxylation sites is 2. The zero-order valence-electron chi connectivity index (χ0n) is 11.3. The molecule has 2 aromatic rings. The van der Waals surface area contributed by atoms with Gasteiger partial charge >= 0.3 is 0 Å². The highest BCUT2D eigenvalue weighted by Crippen LogP contribution is 2.32. The van der Waals surface area contributed by atoms with Gasteiger partial charge in [0.2, 0.25) is 0 Å². The SMILES string of the molecule is Cc1ccc(C(=O)N2CCOc3ccccc32)cc1N. The molecule has 0 radical (unpaired) electrons. The van der Waals surface area contributed by atoms with Gasteiger partial charge in [0, 0.05) is 11.3 Å². The fourth-order valence-electron chi connectivity index (χ4n) is 2.31. The number of ether oxygens (including phenoxy) is 1. The van der Waals surface area contributed by atoms with Crippen LogP contribution in [0.4, 0.5) is 11.4 Å². The average molecular weight is 268 g/mol. The molecule has 4 nitrogen and oxygen atoms in total. The van der Waals surface area contributed by atoms with Crippen LogP contribution in [-0.2, 0) is 0 Å². The molecule has 1 aliphatic rings. The molecule has 0 saturated carbocycles. The lowest BCUT2D eigenvalue weighted by molar-refractivity contribution is 0.0976. The van der Waals surface area contributed by atoms with E-state index in [4.69, 9.17) is 10.5 Å². The van der Waals surface area contributed by atoms with Crippen LogP contribution in [0.15, 0.2) is 42.5 Å². The van der Waals surface area contributed by atoms with Gasteiger partial charge in [-0.1, -0.05) is 18.2 Å². The number of amides is 1. The number of hydrogen-bond donors (Lipinski definition) is 1. The summed E-state index contributed by atoms with van der Waals surface area (Å²) in [6, 6.07) is 13.0. The number of anilines is 2. The molecule has 0 unspecified atom stereocenters. The largest absolute Gasteiger partial charge is 0.490 e. The van der Waals surface area contributed by atoms with Gasteiger partial charge in [0.05, 0.1) is 12.2 Å². The maximum atomic E-state index is 12.6. The van der Waals surface area contributed by atoms with Crippen molar-refractivity contribution in [3.8, 4) is 5.75 Å². The third-order valence-electron chi connectivity index (χ3n) is 3.50. The lowest BCUT2D eigenvalue weighted by atomic mass is 10.1. The summed E-state index contributed by atoms with van der Waals surface area (Å²) in [7, 11) is 0. The molecule has 2 N–H and O–H groups in total. The predicted molar refractivity (Wildman–Crippen MR) is 79.2 cm³/mol. The van der Waals surface area contributed by atoms with Crippen LogP contribution in [0.3, 0.4) is 0 Å². The van der Waals surface area contributed by atoms with Crippen LogP contribution < -0.4 is 15.4 Å². The van der Waals surface area contributed by atoms with Gasteiger partial charge in [0.1, 0.15) is 12.4 Å². The van der Waals surface area contributed by atoms with Crippen LogP contribution in [0.1, 0.15) is 15.9 Å². The lowest BCUT2D eigenvalue weighted by Gasteiger charge is -2.29. The Balaban J connectivity index is 1.97. The zero-order chi connectivity index (χ0) is 14.1. The van der Waals surface area contributed by atoms with Gasteiger partial charge in [0.25, 0.3) is 5.91 Å². The van der Waals surface area contributed by atoms with Crippen molar-refractivity contribution in [1.82, 2.24) is 0 Å². The fraction of sp³-hybridized carbons (Fsp3) is 0.188. The predicted octanol–water partition coefficient (Wildman–Crippen LogP) is 2.62. The molecule has 20 heavy (non-hydrogen) atoms. The lowest BCUT2D eigenvalue weighted by Crippen LogP contribution is -2.37. The van der Waals surface area contributed by atoms with Crippen molar-refractivity contribution < 1.29 is 9.53 Å². The van der Waals surface area contributed by atoms with E-state index in [0.717, 1.165) is 17.0 Å². The van der Waals surface area contributed by atoms with Gasteiger partial charge in [-0.25, -0.2) is 0 Å². The van der Waals surface area contributed by atoms with E-state index in [0.29, 0.717) is 24.4 Å². The Kier molecular flexibility index (Phi) is 3.06. The van der Waals surface area contributed by atoms with E-state index in [9.17, 15) is 4.79 Å². The van der Waals surface area contributed by atoms with Gasteiger partial charge < -0.3 is 15.4 Å². The quantitative estimate of drug-likeness (QED) is 0.809. The summed E-state index contributed by atoms with van der Waals surface area (Å²) < 4.78 is 5.56. The summed E-state index contributed by atoms with van der Waals surface area (Å²) >= 11 is 0. The van der Waals surface area contributed by atoms with Crippen LogP contribution in [0.25, 0.3) is 0 Å². The van der Waals surface area contributed by atoms with Crippen LogP contribution in [0.2, 0.25) is 0 Å². The third-order valence-corrected chi connectivity index (χ3v) is 3.50. The number of nitrogens with two attached hydrogens (primary N) is 1. The zero-order valence-corrected chi connectivity index (χ0v) is 11.3. The minimum absolute atomic E-state index is 0.0487. The maximum Gasteiger partial charge on any atom is 0.258 e. The smallest absolute Gasteiger partial charge is 0.258 e. The minimum atomic E-state index is -0.0487. The molecule has 1 aliphatic heterocycles. The third kappa shape index (κ3) is 2.09. The Morgan fingerprint density at radius 3 is 2.85 bits per heavy atom. The van der Waals surface area contributed by atoms with Crippen molar-refractivity contribution in [3.05, 3.63) is 53.6 Å². The molecule has 4 heteroatoms. The number of aryl methyl sites for hydroxylation is 1. The Morgan fingerprint density at radius 2 is 2.05 bits per heavy atom. The van der Waals surface area contributed by atoms with Crippen LogP contribution in [-0.4, -0.2) is 19.1 Å². The monoisotopic (exact) mass is 268 g/mol. The minimum Gasteiger partial charge on any atom is -0.490 e. The molecule has 0 fully saturated rings. The van der Waals surface area contributed by atoms with Gasteiger partial charge in [-0.05, 0) is 36.8 Å². The Morgan fingerprint density at radius 1 is 1.25 bits per heavy atom. The molecule has 0 aliphatic carbocycles. The number of benzene rings is 2. The van der Waals surface area contributed by atoms with E-state index in [-0.39, 0.29) is 5.91 Å². The summed E-state index contributed by atoms with van der Waals surface area (Å²) in [6.07, 6.45) is 0. The molecule has 0 bridgehead atoms. The molecule has 0 spiro atoms. The maximum absolute atomic E-state index is 12.6. The Labute approximate surface area is 117 Å². The van der Waals surface area contributed by atoms with Crippen LogP contribution in [0.5, 0.6) is 5.75 Å². The van der Waals surface area contributed by atoms with E-state index in [2.05, 4.69) is 0 Å². The van der Waals surface area contributed by atoms with Crippen molar-refractivity contribution in [3.63, 3.8) is 0 Å². The summed E-state index contributed by atoms with van der Waals surface area (Å²) in [5.74, 6) is 0.694. The van der Waals surface area contributed by atoms with Gasteiger partial charge in [0.15, 0.2) is 0 Å². The first-order valence-corrected chi connectivity index (χ1v) is 6.56. The standard InChI is InChI=1S/C16H16N2O2/c1-11-6-7-12(10-13(11)17)16(19)18-8-9-20-15-5-3-2-4-14(15)18/h2-7,10H,8-9,17H2,1H3. The van der Waals surface area contributed by atoms with E-state index in [1.165, 1.54) is 0 Å². The first-order valence-electron chi connectivity index (χ1n) is 6.56. The molecule has 1 amide bonds. The highest BCUT2D eigenvalue weighted by Gasteiger charge is 2.24. The average Bonchev–Trinajstić information content (AvgIpc) is 2.49. The molecule has 0 saturated heterocycles. The fourth-order valence-corrected chi connectivity index (χ4v) is 2.31. The van der Waals surface area contributed by atoms with Crippen molar-refractivity contribution in [2.75, 3.05) is 23.8 Å². The van der Waals surface area contributed by atoms with Gasteiger partial charge in [-0.3, -0.25) is 4.79 Å². The number of rotatable bonds is 1. The van der Waals surface area contributed by atoms with Gasteiger partial charge in [-0.2, -0.15) is 0 Å². The number of nitrogens with zero attached hydrogens (tertiary/aromatic N) is 1. The molecule has 1 heterocycles. The van der Waals surface area contributed by atoms with Gasteiger partial charge in [-0.15, -0.1) is 0 Å². The first kappa shape index (κ1) is 12.5. The number of hydrogen-bond acceptors (Lipinski definition) is 3. The van der Waals surface area contributed by atoms with Crippen molar-refractivity contribution in [1.29, 1.82) is 0 Å². The highest BCUT2D eigenvalue weighted by atomic mass is 16.5. The summed E-state index contributed by atoms with van der Waals surface area (Å²) in [6.45, 7) is 2.97. The summed E-state index contributed by atoms with van der Waals surface area (Å²) in [4.78, 5) is 14.4. The molecular formula is C16H16N2O2. The second-order valence-electron chi connectivity index (χ2n) is 4.84. The highest BCUT2D eigenvalue weighted by molar-refractivity contribution is 6.07. The van der Waals surface area contributed by atoms with Crippen LogP contribution in [0, 0.1) is 6.92 Å². The first-order chi connectivity index (χ1) is 9.66. The molecule has 0 atom stereocenters. The van der Waals surface area contributed by atoms with E-state index < -0.39 is 0 Å². The van der Waals surface area contributed by atoms with E-state index >= 15 is 0 Å². The molecule has 0 aromatic heterocycles. The molecular weight excluding hydrogens is 252 g/mol. The number of fused-ring (bicyclic) bond motifs is 1. The van der Waals surface area contributed by atoms with Crippen molar-refractivity contribution in [2.24, 2.45) is 0 Å². The van der Waals surface area contributed by atoms with E-state index in [1.807, 2.05) is 43.3 Å². The summed E-state index contributed by atoms with van der Waals surface area (Å²) in [5, 5.41) is 0. The Bertz CT molecular complexity index is 667. The van der Waals surface area contributed by atoms with Crippen molar-refractivity contribution in [2.45, 2.75) is 6.92 Å². The number of carbonyl (C=O) groups excluding carboxylic acids is 1. The van der Waals surface area contributed by atoms with Crippen molar-refractivity contribution >= 4 is 17.3 Å². The Hall–Kier alpha value is -2.49. The number of carbonyl (C=O) groups is 1. The summed E-state index contributed by atoms with van der Waals surface area (Å²) in [5.41, 5.74) is 8.91. The van der Waals surface area contributed by atoms with E-state index in [1.54, 1.807) is 11.0 Å². The molecule has 102 valence electrons. The normalized spacial score (nSPS) is 13.6. The molecule has 3 rings (SSSR count). The van der Waals surface area contributed by atoms with Crippen LogP contribution >= 0.6 is 0 Å². The molecule has 2 aromatic carbocycles.